The number of hydrogen-bond donors (Lipinski definition) is 3. The van der Waals surface area contributed by atoms with E-state index in [9.17, 15) is 14.9 Å². The third-order valence-electron chi connectivity index (χ3n) is 5.57. The lowest BCUT2D eigenvalue weighted by Crippen LogP contribution is -2.56. The van der Waals surface area contributed by atoms with Crippen LogP contribution >= 0.6 is 0 Å². The van der Waals surface area contributed by atoms with Gasteiger partial charge in [-0.25, -0.2) is 9.79 Å². The van der Waals surface area contributed by atoms with Gasteiger partial charge in [0, 0.05) is 32.7 Å². The minimum Gasteiger partial charge on any atom is -0.378 e. The number of guanidine groups is 1. The van der Waals surface area contributed by atoms with Crippen LogP contribution in [0.1, 0.15) is 40.0 Å². The molecule has 1 atom stereocenters. The van der Waals surface area contributed by atoms with Crippen molar-refractivity contribution < 1.29 is 14.3 Å². The molecule has 2 aliphatic rings. The number of nitrogens with zero attached hydrogens (tertiary/aromatic N) is 4. The van der Waals surface area contributed by atoms with Gasteiger partial charge in [0.15, 0.2) is 0 Å². The molecule has 2 rings (SSSR count). The normalized spacial score (nSPS) is 20.6. The number of likely N-dealkylation sites (tertiary alicyclic amines) is 1. The first-order valence-electron chi connectivity index (χ1n) is 11.2. The number of ether oxygens (including phenoxy) is 1. The predicted octanol–water partition coefficient (Wildman–Crippen LogP) is 0.513. The predicted molar refractivity (Wildman–Crippen MR) is 118 cm³/mol. The number of piperidine rings is 1. The SMILES string of the molecule is CCNC(=O)NC(=NC(CC(C)C)C(=O)NC1(C#N)CCN(C)CC1)N1CCOCC1. The van der Waals surface area contributed by atoms with Gasteiger partial charge in [-0.1, -0.05) is 13.8 Å². The zero-order valence-corrected chi connectivity index (χ0v) is 19.2. The van der Waals surface area contributed by atoms with Crippen molar-refractivity contribution >= 4 is 17.9 Å². The van der Waals surface area contributed by atoms with Crippen molar-refractivity contribution in [3.63, 3.8) is 0 Å². The number of nitriles is 1. The van der Waals surface area contributed by atoms with Crippen LogP contribution in [-0.2, 0) is 9.53 Å². The third kappa shape index (κ3) is 7.67. The van der Waals surface area contributed by atoms with Crippen LogP contribution in [0.15, 0.2) is 4.99 Å². The van der Waals surface area contributed by atoms with Gasteiger partial charge in [0.1, 0.15) is 11.6 Å². The molecule has 31 heavy (non-hydrogen) atoms. The topological polar surface area (TPSA) is 122 Å². The van der Waals surface area contributed by atoms with Crippen LogP contribution in [0.2, 0.25) is 0 Å². The summed E-state index contributed by atoms with van der Waals surface area (Å²) in [7, 11) is 2.01. The van der Waals surface area contributed by atoms with Crippen molar-refractivity contribution in [2.75, 3.05) is 53.0 Å². The van der Waals surface area contributed by atoms with Gasteiger partial charge < -0.3 is 25.2 Å². The molecule has 0 radical (unpaired) electrons. The van der Waals surface area contributed by atoms with Crippen molar-refractivity contribution in [1.29, 1.82) is 5.26 Å². The molecule has 0 bridgehead atoms. The summed E-state index contributed by atoms with van der Waals surface area (Å²) in [6.45, 7) is 10.1. The monoisotopic (exact) mass is 435 g/mol. The molecule has 0 saturated carbocycles. The molecule has 2 aliphatic heterocycles. The van der Waals surface area contributed by atoms with Gasteiger partial charge in [0.05, 0.1) is 19.3 Å². The average Bonchev–Trinajstić information content (AvgIpc) is 2.75. The maximum Gasteiger partial charge on any atom is 0.321 e. The smallest absolute Gasteiger partial charge is 0.321 e. The van der Waals surface area contributed by atoms with E-state index in [1.165, 1.54) is 0 Å². The number of carbonyl (C=O) groups is 2. The minimum atomic E-state index is -0.875. The summed E-state index contributed by atoms with van der Waals surface area (Å²) in [6, 6.07) is 1.26. The number of hydrogen-bond acceptors (Lipinski definition) is 6. The Morgan fingerprint density at radius 1 is 1.19 bits per heavy atom. The number of amides is 3. The fourth-order valence-electron chi connectivity index (χ4n) is 3.67. The second-order valence-corrected chi connectivity index (χ2v) is 8.67. The molecule has 0 aromatic carbocycles. The largest absolute Gasteiger partial charge is 0.378 e. The van der Waals surface area contributed by atoms with E-state index in [-0.39, 0.29) is 17.9 Å². The molecule has 0 aromatic rings. The lowest BCUT2D eigenvalue weighted by atomic mass is 9.88. The van der Waals surface area contributed by atoms with Crippen LogP contribution < -0.4 is 16.0 Å². The quantitative estimate of drug-likeness (QED) is 0.413. The summed E-state index contributed by atoms with van der Waals surface area (Å²) >= 11 is 0. The van der Waals surface area contributed by atoms with E-state index in [1.807, 2.05) is 32.7 Å². The van der Waals surface area contributed by atoms with Crippen LogP contribution in [0, 0.1) is 17.2 Å². The number of rotatable bonds is 6. The van der Waals surface area contributed by atoms with Crippen LogP contribution in [0.5, 0.6) is 0 Å². The van der Waals surface area contributed by atoms with E-state index in [2.05, 4.69) is 26.9 Å². The Bertz CT molecular complexity index is 675. The summed E-state index contributed by atoms with van der Waals surface area (Å²) in [4.78, 5) is 34.2. The summed E-state index contributed by atoms with van der Waals surface area (Å²) < 4.78 is 5.41. The van der Waals surface area contributed by atoms with Crippen molar-refractivity contribution in [2.45, 2.75) is 51.6 Å². The molecule has 2 heterocycles. The highest BCUT2D eigenvalue weighted by atomic mass is 16.5. The first kappa shape index (κ1) is 24.9. The Morgan fingerprint density at radius 3 is 2.39 bits per heavy atom. The first-order valence-corrected chi connectivity index (χ1v) is 11.2. The van der Waals surface area contributed by atoms with E-state index >= 15 is 0 Å². The summed E-state index contributed by atoms with van der Waals surface area (Å²) in [5, 5.41) is 18.3. The molecular weight excluding hydrogens is 398 g/mol. The highest BCUT2D eigenvalue weighted by Crippen LogP contribution is 2.22. The Morgan fingerprint density at radius 2 is 1.84 bits per heavy atom. The molecule has 2 fully saturated rings. The number of nitrogens with one attached hydrogen (secondary N) is 3. The Kier molecular flexibility index (Phi) is 9.52. The van der Waals surface area contributed by atoms with E-state index < -0.39 is 11.6 Å². The van der Waals surface area contributed by atoms with E-state index in [0.29, 0.717) is 58.1 Å². The standard InChI is InChI=1S/C21H37N7O3/c1-5-23-20(30)25-19(28-10-12-31-13-11-28)24-17(14-16(2)3)18(29)26-21(15-22)6-8-27(4)9-7-21/h16-17H,5-14H2,1-4H3,(H,26,29)(H2,23,24,25,30). The van der Waals surface area contributed by atoms with Crippen molar-refractivity contribution in [2.24, 2.45) is 10.9 Å². The van der Waals surface area contributed by atoms with Gasteiger partial charge in [0.2, 0.25) is 11.9 Å². The molecule has 10 nitrogen and oxygen atoms in total. The van der Waals surface area contributed by atoms with Crippen LogP contribution in [-0.4, -0.2) is 92.3 Å². The molecule has 0 aromatic heterocycles. The number of carbonyl (C=O) groups excluding carboxylic acids is 2. The van der Waals surface area contributed by atoms with Crippen molar-refractivity contribution in [3.8, 4) is 6.07 Å². The Hall–Kier alpha value is -2.38. The van der Waals surface area contributed by atoms with Gasteiger partial charge in [-0.05, 0) is 39.2 Å². The molecule has 10 heteroatoms. The van der Waals surface area contributed by atoms with Crippen LogP contribution in [0.4, 0.5) is 4.79 Å². The molecule has 1 unspecified atom stereocenters. The molecular formula is C21H37N7O3. The highest BCUT2D eigenvalue weighted by Gasteiger charge is 2.37. The van der Waals surface area contributed by atoms with Crippen LogP contribution in [0.3, 0.4) is 0 Å². The summed E-state index contributed by atoms with van der Waals surface area (Å²) in [6.07, 6.45) is 1.67. The Balaban J connectivity index is 2.24. The fraction of sp³-hybridized carbons (Fsp3) is 0.810. The van der Waals surface area contributed by atoms with Crippen molar-refractivity contribution in [1.82, 2.24) is 25.8 Å². The Labute approximate surface area is 185 Å². The number of aliphatic imine (C=N–C) groups is 1. The second-order valence-electron chi connectivity index (χ2n) is 8.67. The molecule has 0 aliphatic carbocycles. The van der Waals surface area contributed by atoms with Gasteiger partial charge >= 0.3 is 6.03 Å². The third-order valence-corrected chi connectivity index (χ3v) is 5.57. The van der Waals surface area contributed by atoms with Crippen LogP contribution in [0.25, 0.3) is 0 Å². The second kappa shape index (κ2) is 11.9. The summed E-state index contributed by atoms with van der Waals surface area (Å²) in [5.41, 5.74) is -0.875. The molecule has 3 amide bonds. The fourth-order valence-corrected chi connectivity index (χ4v) is 3.67. The van der Waals surface area contributed by atoms with Gasteiger partial charge in [-0.3, -0.25) is 10.1 Å². The summed E-state index contributed by atoms with van der Waals surface area (Å²) in [5.74, 6) is 0.304. The lowest BCUT2D eigenvalue weighted by Gasteiger charge is -2.37. The first-order chi connectivity index (χ1) is 14.8. The number of morpholine rings is 1. The maximum atomic E-state index is 13.3. The molecule has 174 valence electrons. The maximum absolute atomic E-state index is 13.3. The van der Waals surface area contributed by atoms with Gasteiger partial charge in [-0.15, -0.1) is 0 Å². The van der Waals surface area contributed by atoms with Gasteiger partial charge in [-0.2, -0.15) is 5.26 Å². The van der Waals surface area contributed by atoms with E-state index in [1.54, 1.807) is 0 Å². The average molecular weight is 436 g/mol. The highest BCUT2D eigenvalue weighted by molar-refractivity contribution is 5.97. The minimum absolute atomic E-state index is 0.213. The van der Waals surface area contributed by atoms with E-state index in [4.69, 9.17) is 9.73 Å². The van der Waals surface area contributed by atoms with Gasteiger partial charge in [0.25, 0.3) is 0 Å². The van der Waals surface area contributed by atoms with E-state index in [0.717, 1.165) is 13.1 Å². The number of urea groups is 1. The zero-order chi connectivity index (χ0) is 22.9. The molecule has 0 spiro atoms. The lowest BCUT2D eigenvalue weighted by molar-refractivity contribution is -0.124. The molecule has 2 saturated heterocycles. The molecule has 3 N–H and O–H groups in total. The van der Waals surface area contributed by atoms with Crippen molar-refractivity contribution in [3.05, 3.63) is 0 Å². The zero-order valence-electron chi connectivity index (χ0n) is 19.2.